The lowest BCUT2D eigenvalue weighted by Crippen LogP contribution is -2.47. The van der Waals surface area contributed by atoms with Crippen molar-refractivity contribution in [2.45, 2.75) is 39.7 Å². The molecule has 1 aromatic carbocycles. The standard InChI is InChI=1S/C18H26ClN3O3/c1-4-25-18(24)22-7-5-14(6-8-22)21-16(23)11-20-17-13(3)9-12(2)10-15(17)19/h9-10,14,20H,4-8,11H2,1-3H3,(H,21,23). The Balaban J connectivity index is 1.78. The molecule has 0 unspecified atom stereocenters. The summed E-state index contributed by atoms with van der Waals surface area (Å²) in [6.07, 6.45) is 1.18. The fraction of sp³-hybridized carbons (Fsp3) is 0.556. The fourth-order valence-electron chi connectivity index (χ4n) is 3.01. The van der Waals surface area contributed by atoms with Crippen molar-refractivity contribution in [3.63, 3.8) is 0 Å². The Labute approximate surface area is 153 Å². The molecule has 1 aliphatic heterocycles. The molecule has 0 radical (unpaired) electrons. The summed E-state index contributed by atoms with van der Waals surface area (Å²) >= 11 is 6.24. The van der Waals surface area contributed by atoms with E-state index in [1.807, 2.05) is 26.0 Å². The number of carbonyl (C=O) groups excluding carboxylic acids is 2. The van der Waals surface area contributed by atoms with Crippen LogP contribution >= 0.6 is 11.6 Å². The number of piperidine rings is 1. The van der Waals surface area contributed by atoms with Crippen LogP contribution in [0, 0.1) is 13.8 Å². The smallest absolute Gasteiger partial charge is 0.409 e. The lowest BCUT2D eigenvalue weighted by atomic mass is 10.1. The SMILES string of the molecule is CCOC(=O)N1CCC(NC(=O)CNc2c(C)cc(C)cc2Cl)CC1. The van der Waals surface area contributed by atoms with E-state index in [0.717, 1.165) is 29.7 Å². The van der Waals surface area contributed by atoms with Gasteiger partial charge in [-0.25, -0.2) is 4.79 Å². The molecule has 2 N–H and O–H groups in total. The minimum absolute atomic E-state index is 0.0781. The van der Waals surface area contributed by atoms with E-state index >= 15 is 0 Å². The molecular weight excluding hydrogens is 342 g/mol. The van der Waals surface area contributed by atoms with Crippen LogP contribution in [0.5, 0.6) is 0 Å². The molecule has 0 aliphatic carbocycles. The number of hydrogen-bond acceptors (Lipinski definition) is 4. The first-order valence-electron chi connectivity index (χ1n) is 8.62. The normalized spacial score (nSPS) is 15.0. The number of benzene rings is 1. The molecule has 1 fully saturated rings. The van der Waals surface area contributed by atoms with Gasteiger partial charge in [-0.05, 0) is 50.8 Å². The Kier molecular flexibility index (Phi) is 6.93. The first-order valence-corrected chi connectivity index (χ1v) is 9.00. The molecule has 0 spiro atoms. The van der Waals surface area contributed by atoms with Crippen molar-refractivity contribution in [1.82, 2.24) is 10.2 Å². The van der Waals surface area contributed by atoms with E-state index in [9.17, 15) is 9.59 Å². The number of halogens is 1. The van der Waals surface area contributed by atoms with Gasteiger partial charge in [-0.15, -0.1) is 0 Å². The first kappa shape index (κ1) is 19.4. The highest BCUT2D eigenvalue weighted by molar-refractivity contribution is 6.33. The van der Waals surface area contributed by atoms with Crippen LogP contribution in [0.15, 0.2) is 12.1 Å². The molecule has 6 nitrogen and oxygen atoms in total. The molecule has 7 heteroatoms. The molecule has 0 saturated carbocycles. The zero-order valence-electron chi connectivity index (χ0n) is 15.0. The fourth-order valence-corrected chi connectivity index (χ4v) is 3.40. The molecule has 2 amide bonds. The third-order valence-corrected chi connectivity index (χ3v) is 4.54. The topological polar surface area (TPSA) is 70.7 Å². The highest BCUT2D eigenvalue weighted by Crippen LogP contribution is 2.27. The van der Waals surface area contributed by atoms with Gasteiger partial charge in [0.25, 0.3) is 0 Å². The number of aryl methyl sites for hydroxylation is 2. The number of rotatable bonds is 5. The van der Waals surface area contributed by atoms with Crippen LogP contribution in [0.2, 0.25) is 5.02 Å². The summed E-state index contributed by atoms with van der Waals surface area (Å²) in [5.41, 5.74) is 2.89. The van der Waals surface area contributed by atoms with Crippen LogP contribution in [-0.2, 0) is 9.53 Å². The highest BCUT2D eigenvalue weighted by Gasteiger charge is 2.24. The van der Waals surface area contributed by atoms with Crippen molar-refractivity contribution in [3.8, 4) is 0 Å². The van der Waals surface area contributed by atoms with Gasteiger partial charge in [-0.2, -0.15) is 0 Å². The highest BCUT2D eigenvalue weighted by atomic mass is 35.5. The minimum Gasteiger partial charge on any atom is -0.450 e. The van der Waals surface area contributed by atoms with E-state index in [1.54, 1.807) is 11.8 Å². The predicted octanol–water partition coefficient (Wildman–Crippen LogP) is 3.11. The number of nitrogens with zero attached hydrogens (tertiary/aromatic N) is 1. The van der Waals surface area contributed by atoms with Gasteiger partial charge in [-0.3, -0.25) is 4.79 Å². The zero-order valence-corrected chi connectivity index (χ0v) is 15.8. The molecule has 1 aromatic rings. The number of carbonyl (C=O) groups is 2. The van der Waals surface area contributed by atoms with E-state index in [-0.39, 0.29) is 24.6 Å². The maximum Gasteiger partial charge on any atom is 0.409 e. The van der Waals surface area contributed by atoms with Crippen molar-refractivity contribution in [1.29, 1.82) is 0 Å². The molecular formula is C18H26ClN3O3. The number of ether oxygens (including phenoxy) is 1. The monoisotopic (exact) mass is 367 g/mol. The van der Waals surface area contributed by atoms with Crippen LogP contribution in [0.3, 0.4) is 0 Å². The number of hydrogen-bond donors (Lipinski definition) is 2. The van der Waals surface area contributed by atoms with E-state index in [2.05, 4.69) is 10.6 Å². The third-order valence-electron chi connectivity index (χ3n) is 4.24. The largest absolute Gasteiger partial charge is 0.450 e. The quantitative estimate of drug-likeness (QED) is 0.838. The van der Waals surface area contributed by atoms with E-state index in [4.69, 9.17) is 16.3 Å². The van der Waals surface area contributed by atoms with Gasteiger partial charge in [-0.1, -0.05) is 17.7 Å². The van der Waals surface area contributed by atoms with E-state index in [0.29, 0.717) is 24.7 Å². The van der Waals surface area contributed by atoms with Gasteiger partial charge in [0.2, 0.25) is 5.91 Å². The summed E-state index contributed by atoms with van der Waals surface area (Å²) in [7, 11) is 0. The van der Waals surface area contributed by atoms with Crippen molar-refractivity contribution in [2.75, 3.05) is 31.6 Å². The first-order chi connectivity index (χ1) is 11.9. The molecule has 25 heavy (non-hydrogen) atoms. The van der Waals surface area contributed by atoms with Crippen molar-refractivity contribution >= 4 is 29.3 Å². The van der Waals surface area contributed by atoms with Gasteiger partial charge in [0, 0.05) is 19.1 Å². The summed E-state index contributed by atoms with van der Waals surface area (Å²) in [4.78, 5) is 25.5. The summed E-state index contributed by atoms with van der Waals surface area (Å²) < 4.78 is 4.99. The minimum atomic E-state index is -0.279. The Morgan fingerprint density at radius 3 is 2.56 bits per heavy atom. The average Bonchev–Trinajstić information content (AvgIpc) is 2.54. The van der Waals surface area contributed by atoms with Crippen LogP contribution in [0.1, 0.15) is 30.9 Å². The van der Waals surface area contributed by atoms with Gasteiger partial charge in [0.15, 0.2) is 0 Å². The molecule has 2 rings (SSSR count). The maximum atomic E-state index is 12.2. The second-order valence-electron chi connectivity index (χ2n) is 6.32. The number of anilines is 1. The van der Waals surface area contributed by atoms with Crippen molar-refractivity contribution in [2.24, 2.45) is 0 Å². The Morgan fingerprint density at radius 1 is 1.28 bits per heavy atom. The third kappa shape index (κ3) is 5.53. The maximum absolute atomic E-state index is 12.2. The molecule has 1 aliphatic rings. The van der Waals surface area contributed by atoms with Crippen molar-refractivity contribution < 1.29 is 14.3 Å². The van der Waals surface area contributed by atoms with E-state index < -0.39 is 0 Å². The van der Waals surface area contributed by atoms with Gasteiger partial charge < -0.3 is 20.3 Å². The van der Waals surface area contributed by atoms with Crippen LogP contribution in [-0.4, -0.2) is 49.2 Å². The number of amides is 2. The summed E-state index contributed by atoms with van der Waals surface area (Å²) in [5.74, 6) is -0.0781. The Morgan fingerprint density at radius 2 is 1.96 bits per heavy atom. The molecule has 138 valence electrons. The lowest BCUT2D eigenvalue weighted by Gasteiger charge is -2.31. The second kappa shape index (κ2) is 8.94. The summed E-state index contributed by atoms with van der Waals surface area (Å²) in [6, 6.07) is 3.98. The summed E-state index contributed by atoms with van der Waals surface area (Å²) in [5, 5.41) is 6.74. The average molecular weight is 368 g/mol. The second-order valence-corrected chi connectivity index (χ2v) is 6.73. The van der Waals surface area contributed by atoms with Gasteiger partial charge >= 0.3 is 6.09 Å². The number of nitrogens with one attached hydrogen (secondary N) is 2. The van der Waals surface area contributed by atoms with Crippen molar-refractivity contribution in [3.05, 3.63) is 28.3 Å². The van der Waals surface area contributed by atoms with Gasteiger partial charge in [0.05, 0.1) is 23.9 Å². The molecule has 0 bridgehead atoms. The predicted molar refractivity (Wildman–Crippen MR) is 99.2 cm³/mol. The van der Waals surface area contributed by atoms with Gasteiger partial charge in [0.1, 0.15) is 0 Å². The molecule has 1 heterocycles. The van der Waals surface area contributed by atoms with Crippen LogP contribution in [0.25, 0.3) is 0 Å². The van der Waals surface area contributed by atoms with Crippen LogP contribution < -0.4 is 10.6 Å². The molecule has 1 saturated heterocycles. The molecule has 0 atom stereocenters. The lowest BCUT2D eigenvalue weighted by molar-refractivity contribution is -0.120. The Bertz CT molecular complexity index is 605. The summed E-state index contributed by atoms with van der Waals surface area (Å²) in [6.45, 7) is 7.48. The molecule has 0 aromatic heterocycles. The Hall–Kier alpha value is -1.95. The number of likely N-dealkylation sites (tertiary alicyclic amines) is 1. The van der Waals surface area contributed by atoms with Crippen LogP contribution in [0.4, 0.5) is 10.5 Å². The zero-order chi connectivity index (χ0) is 18.4. The van der Waals surface area contributed by atoms with E-state index in [1.165, 1.54) is 0 Å².